The van der Waals surface area contributed by atoms with Gasteiger partial charge in [-0.3, -0.25) is 5.32 Å². The minimum Gasteiger partial charge on any atom is -0.444 e. The first-order chi connectivity index (χ1) is 10.5. The van der Waals surface area contributed by atoms with Crippen molar-refractivity contribution in [3.63, 3.8) is 0 Å². The fraction of sp³-hybridized carbons (Fsp3) is 0.500. The molecule has 0 bridgehead atoms. The van der Waals surface area contributed by atoms with E-state index in [1.807, 2.05) is 0 Å². The first kappa shape index (κ1) is 18.7. The van der Waals surface area contributed by atoms with Gasteiger partial charge in [0, 0.05) is 18.3 Å². The number of carbonyl (C=O) groups excluding carboxylic acids is 1. The molecular weight excluding hydrogens is 313 g/mol. The van der Waals surface area contributed by atoms with Crippen LogP contribution in [0.1, 0.15) is 32.8 Å². The van der Waals surface area contributed by atoms with Gasteiger partial charge in [-0.05, 0) is 26.8 Å². The standard InChI is InChI=1S/C14H19F3N4O2/c1-13(2,3)23-12(22)21-11-6-9(7-18)10(8-20-11)19-5-4-14(15,16)17/h6-8,18-19H,4-5H2,1-3H3,(H,20,21,22). The van der Waals surface area contributed by atoms with Crippen LogP contribution in [0.2, 0.25) is 0 Å². The van der Waals surface area contributed by atoms with Crippen molar-refractivity contribution in [2.75, 3.05) is 17.2 Å². The van der Waals surface area contributed by atoms with Crippen molar-refractivity contribution in [3.05, 3.63) is 17.8 Å². The van der Waals surface area contributed by atoms with Gasteiger partial charge in [0.15, 0.2) is 0 Å². The molecule has 0 fully saturated rings. The van der Waals surface area contributed by atoms with E-state index in [-0.39, 0.29) is 18.1 Å². The number of anilines is 2. The fourth-order valence-corrected chi connectivity index (χ4v) is 1.55. The highest BCUT2D eigenvalue weighted by atomic mass is 19.4. The van der Waals surface area contributed by atoms with Crippen molar-refractivity contribution < 1.29 is 22.7 Å². The second-order valence-electron chi connectivity index (χ2n) is 5.72. The Morgan fingerprint density at radius 1 is 1.39 bits per heavy atom. The van der Waals surface area contributed by atoms with Gasteiger partial charge in [-0.1, -0.05) is 0 Å². The van der Waals surface area contributed by atoms with Crippen molar-refractivity contribution in [2.24, 2.45) is 0 Å². The lowest BCUT2D eigenvalue weighted by atomic mass is 10.2. The van der Waals surface area contributed by atoms with Crippen LogP contribution < -0.4 is 10.6 Å². The fourth-order valence-electron chi connectivity index (χ4n) is 1.55. The van der Waals surface area contributed by atoms with Gasteiger partial charge in [0.05, 0.1) is 18.3 Å². The average molecular weight is 332 g/mol. The summed E-state index contributed by atoms with van der Waals surface area (Å²) in [6.07, 6.45) is -3.76. The quantitative estimate of drug-likeness (QED) is 0.716. The Hall–Kier alpha value is -2.32. The lowest BCUT2D eigenvalue weighted by Crippen LogP contribution is -2.27. The van der Waals surface area contributed by atoms with E-state index in [4.69, 9.17) is 10.1 Å². The molecule has 0 saturated heterocycles. The Balaban J connectivity index is 2.72. The van der Waals surface area contributed by atoms with Gasteiger partial charge >= 0.3 is 12.3 Å². The molecule has 23 heavy (non-hydrogen) atoms. The molecule has 3 N–H and O–H groups in total. The van der Waals surface area contributed by atoms with Gasteiger partial charge in [-0.25, -0.2) is 9.78 Å². The minimum absolute atomic E-state index is 0.138. The number of carbonyl (C=O) groups is 1. The number of nitrogens with one attached hydrogen (secondary N) is 3. The van der Waals surface area contributed by atoms with Crippen LogP contribution in [-0.2, 0) is 4.74 Å². The first-order valence-corrected chi connectivity index (χ1v) is 6.81. The molecule has 0 aliphatic carbocycles. The zero-order valence-corrected chi connectivity index (χ0v) is 13.0. The highest BCUT2D eigenvalue weighted by molar-refractivity contribution is 5.89. The molecule has 0 atom stereocenters. The predicted molar refractivity (Wildman–Crippen MR) is 81.1 cm³/mol. The largest absolute Gasteiger partial charge is 0.444 e. The molecule has 0 aromatic carbocycles. The number of pyridine rings is 1. The van der Waals surface area contributed by atoms with Crippen LogP contribution in [0.25, 0.3) is 0 Å². The number of ether oxygens (including phenoxy) is 1. The van der Waals surface area contributed by atoms with Crippen LogP contribution in [0.4, 0.5) is 29.5 Å². The molecule has 0 aliphatic heterocycles. The summed E-state index contributed by atoms with van der Waals surface area (Å²) in [7, 11) is 0. The zero-order valence-electron chi connectivity index (χ0n) is 13.0. The third-order valence-electron chi connectivity index (χ3n) is 2.44. The Labute approximate surface area is 131 Å². The molecule has 9 heteroatoms. The monoisotopic (exact) mass is 332 g/mol. The minimum atomic E-state index is -4.26. The smallest absolute Gasteiger partial charge is 0.413 e. The Bertz CT molecular complexity index is 568. The summed E-state index contributed by atoms with van der Waals surface area (Å²) >= 11 is 0. The van der Waals surface area contributed by atoms with Crippen LogP contribution in [-0.4, -0.2) is 35.6 Å². The normalized spacial score (nSPS) is 11.7. The molecule has 1 rings (SSSR count). The summed E-state index contributed by atoms with van der Waals surface area (Å²) < 4.78 is 41.4. The second kappa shape index (κ2) is 7.30. The maximum absolute atomic E-state index is 12.1. The van der Waals surface area contributed by atoms with Crippen LogP contribution >= 0.6 is 0 Å². The number of hydrogen-bond donors (Lipinski definition) is 3. The molecule has 1 heterocycles. The van der Waals surface area contributed by atoms with Crippen molar-refractivity contribution in [3.8, 4) is 0 Å². The number of amides is 1. The molecule has 0 aliphatic rings. The van der Waals surface area contributed by atoms with E-state index in [0.717, 1.165) is 6.21 Å². The van der Waals surface area contributed by atoms with Gasteiger partial charge in [0.2, 0.25) is 0 Å². The van der Waals surface area contributed by atoms with Crippen LogP contribution in [0.5, 0.6) is 0 Å². The van der Waals surface area contributed by atoms with Crippen molar-refractivity contribution in [1.82, 2.24) is 4.98 Å². The topological polar surface area (TPSA) is 87.1 Å². The van der Waals surface area contributed by atoms with E-state index >= 15 is 0 Å². The van der Waals surface area contributed by atoms with E-state index in [1.165, 1.54) is 12.3 Å². The van der Waals surface area contributed by atoms with Crippen molar-refractivity contribution in [2.45, 2.75) is 39.0 Å². The predicted octanol–water partition coefficient (Wildman–Crippen LogP) is 3.79. The number of aromatic nitrogens is 1. The van der Waals surface area contributed by atoms with Crippen molar-refractivity contribution in [1.29, 1.82) is 5.41 Å². The van der Waals surface area contributed by atoms with Crippen LogP contribution in [0.15, 0.2) is 12.3 Å². The molecule has 0 unspecified atom stereocenters. The number of hydrogen-bond acceptors (Lipinski definition) is 5. The highest BCUT2D eigenvalue weighted by Gasteiger charge is 2.26. The Morgan fingerprint density at radius 3 is 2.57 bits per heavy atom. The summed E-state index contributed by atoms with van der Waals surface area (Å²) in [5, 5.41) is 12.3. The Morgan fingerprint density at radius 2 is 2.04 bits per heavy atom. The number of halogens is 3. The molecule has 1 aromatic rings. The van der Waals surface area contributed by atoms with E-state index in [9.17, 15) is 18.0 Å². The lowest BCUT2D eigenvalue weighted by Gasteiger charge is -2.19. The molecular formula is C14H19F3N4O2. The van der Waals surface area contributed by atoms with E-state index in [1.54, 1.807) is 20.8 Å². The zero-order chi connectivity index (χ0) is 17.7. The van der Waals surface area contributed by atoms with Crippen LogP contribution in [0.3, 0.4) is 0 Å². The van der Waals surface area contributed by atoms with E-state index < -0.39 is 24.3 Å². The molecule has 128 valence electrons. The first-order valence-electron chi connectivity index (χ1n) is 6.81. The molecule has 1 aromatic heterocycles. The number of nitrogens with zero attached hydrogens (tertiary/aromatic N) is 1. The number of alkyl halides is 3. The average Bonchev–Trinajstić information content (AvgIpc) is 2.36. The molecule has 0 spiro atoms. The van der Waals surface area contributed by atoms with Gasteiger partial charge in [-0.2, -0.15) is 13.2 Å². The van der Waals surface area contributed by atoms with Crippen LogP contribution in [0, 0.1) is 5.41 Å². The second-order valence-corrected chi connectivity index (χ2v) is 5.72. The summed E-state index contributed by atoms with van der Waals surface area (Å²) in [5.74, 6) is 0.138. The third-order valence-corrected chi connectivity index (χ3v) is 2.44. The van der Waals surface area contributed by atoms with Gasteiger partial charge < -0.3 is 15.5 Å². The summed E-state index contributed by atoms with van der Waals surface area (Å²) in [6, 6.07) is 1.37. The molecule has 0 saturated carbocycles. The molecule has 6 nitrogen and oxygen atoms in total. The summed E-state index contributed by atoms with van der Waals surface area (Å²) in [4.78, 5) is 15.5. The highest BCUT2D eigenvalue weighted by Crippen LogP contribution is 2.21. The third kappa shape index (κ3) is 7.48. The summed E-state index contributed by atoms with van der Waals surface area (Å²) in [5.41, 5.74) is -0.0969. The molecule has 1 amide bonds. The summed E-state index contributed by atoms with van der Waals surface area (Å²) in [6.45, 7) is 4.79. The van der Waals surface area contributed by atoms with E-state index in [2.05, 4.69) is 15.6 Å². The van der Waals surface area contributed by atoms with Crippen molar-refractivity contribution >= 4 is 23.8 Å². The SMILES string of the molecule is CC(C)(C)OC(=O)Nc1cc(C=N)c(NCCC(F)(F)F)cn1. The van der Waals surface area contributed by atoms with Gasteiger partial charge in [0.1, 0.15) is 11.4 Å². The maximum Gasteiger partial charge on any atom is 0.413 e. The maximum atomic E-state index is 12.1. The number of rotatable bonds is 5. The van der Waals surface area contributed by atoms with E-state index in [0.29, 0.717) is 5.56 Å². The van der Waals surface area contributed by atoms with Gasteiger partial charge in [-0.15, -0.1) is 0 Å². The molecule has 0 radical (unpaired) electrons. The lowest BCUT2D eigenvalue weighted by molar-refractivity contribution is -0.131. The van der Waals surface area contributed by atoms with Gasteiger partial charge in [0.25, 0.3) is 0 Å². The Kier molecular flexibility index (Phi) is 5.94.